The highest BCUT2D eigenvalue weighted by molar-refractivity contribution is 5.70. The zero-order chi connectivity index (χ0) is 15.2. The highest BCUT2D eigenvalue weighted by atomic mass is 19.4. The van der Waals surface area contributed by atoms with Crippen LogP contribution in [0.2, 0.25) is 0 Å². The first-order valence-electron chi connectivity index (χ1n) is 5.89. The van der Waals surface area contributed by atoms with E-state index in [1.165, 1.54) is 18.2 Å². The van der Waals surface area contributed by atoms with Crippen molar-refractivity contribution in [2.45, 2.75) is 19.0 Å². The second-order valence-corrected chi connectivity index (χ2v) is 4.33. The van der Waals surface area contributed by atoms with Crippen molar-refractivity contribution in [3.05, 3.63) is 35.6 Å². The van der Waals surface area contributed by atoms with Crippen molar-refractivity contribution >= 4 is 5.97 Å². The summed E-state index contributed by atoms with van der Waals surface area (Å²) in [5.41, 5.74) is 0.480. The van der Waals surface area contributed by atoms with Crippen LogP contribution >= 0.6 is 0 Å². The molecular weight excluding hydrogens is 280 g/mol. The van der Waals surface area contributed by atoms with Crippen LogP contribution in [0.1, 0.15) is 12.0 Å². The topological polar surface area (TPSA) is 46.5 Å². The minimum Gasteiger partial charge on any atom is -0.481 e. The van der Waals surface area contributed by atoms with E-state index in [2.05, 4.69) is 4.74 Å². The molecule has 1 N–H and O–H groups in total. The van der Waals surface area contributed by atoms with Gasteiger partial charge in [-0.25, -0.2) is 4.39 Å². The van der Waals surface area contributed by atoms with E-state index in [4.69, 9.17) is 5.11 Å². The van der Waals surface area contributed by atoms with Crippen molar-refractivity contribution < 1.29 is 32.2 Å². The van der Waals surface area contributed by atoms with Crippen molar-refractivity contribution in [1.29, 1.82) is 0 Å². The molecule has 1 aromatic rings. The van der Waals surface area contributed by atoms with E-state index in [0.717, 1.165) is 0 Å². The number of alkyl halides is 3. The Balaban J connectivity index is 2.47. The van der Waals surface area contributed by atoms with Gasteiger partial charge in [0.25, 0.3) is 0 Å². The summed E-state index contributed by atoms with van der Waals surface area (Å²) < 4.78 is 52.9. The molecule has 20 heavy (non-hydrogen) atoms. The number of carboxylic acids is 1. The molecule has 0 bridgehead atoms. The fraction of sp³-hybridized carbons (Fsp3) is 0.462. The largest absolute Gasteiger partial charge is 0.481 e. The summed E-state index contributed by atoms with van der Waals surface area (Å²) in [6.45, 7) is -1.72. The monoisotopic (exact) mass is 294 g/mol. The van der Waals surface area contributed by atoms with Crippen molar-refractivity contribution in [3.63, 3.8) is 0 Å². The Morgan fingerprint density at radius 2 is 2.05 bits per heavy atom. The van der Waals surface area contributed by atoms with E-state index in [0.29, 0.717) is 5.56 Å². The van der Waals surface area contributed by atoms with E-state index < -0.39 is 30.5 Å². The van der Waals surface area contributed by atoms with Gasteiger partial charge in [0.2, 0.25) is 0 Å². The molecule has 0 aliphatic carbocycles. The Labute approximate surface area is 113 Å². The molecule has 112 valence electrons. The number of ether oxygens (including phenoxy) is 1. The molecule has 7 heteroatoms. The number of halogens is 4. The lowest BCUT2D eigenvalue weighted by Crippen LogP contribution is -2.22. The second kappa shape index (κ2) is 7.23. The van der Waals surface area contributed by atoms with E-state index >= 15 is 0 Å². The van der Waals surface area contributed by atoms with Gasteiger partial charge < -0.3 is 9.84 Å². The van der Waals surface area contributed by atoms with Gasteiger partial charge in [-0.3, -0.25) is 4.79 Å². The molecule has 0 spiro atoms. The predicted octanol–water partition coefficient (Wildman–Crippen LogP) is 3.04. The maximum atomic E-state index is 13.0. The lowest BCUT2D eigenvalue weighted by Gasteiger charge is -2.13. The van der Waals surface area contributed by atoms with Crippen LogP contribution in [0.3, 0.4) is 0 Å². The summed E-state index contributed by atoms with van der Waals surface area (Å²) in [5.74, 6) is -2.55. The third-order valence-corrected chi connectivity index (χ3v) is 2.60. The van der Waals surface area contributed by atoms with Gasteiger partial charge in [-0.05, 0) is 30.5 Å². The number of aliphatic carboxylic acids is 1. The van der Waals surface area contributed by atoms with Gasteiger partial charge >= 0.3 is 12.1 Å². The fourth-order valence-corrected chi connectivity index (χ4v) is 1.67. The smallest absolute Gasteiger partial charge is 0.411 e. The molecule has 0 radical (unpaired) electrons. The van der Waals surface area contributed by atoms with E-state index in [1.54, 1.807) is 6.07 Å². The molecule has 0 saturated carbocycles. The first-order chi connectivity index (χ1) is 9.28. The molecule has 1 atom stereocenters. The number of benzene rings is 1. The molecule has 1 aromatic carbocycles. The number of rotatable bonds is 7. The van der Waals surface area contributed by atoms with Gasteiger partial charge in [0, 0.05) is 6.61 Å². The normalized spacial score (nSPS) is 13.2. The first kappa shape index (κ1) is 16.4. The summed E-state index contributed by atoms with van der Waals surface area (Å²) in [5, 5.41) is 8.99. The number of hydrogen-bond donors (Lipinski definition) is 1. The Morgan fingerprint density at radius 1 is 1.35 bits per heavy atom. The van der Waals surface area contributed by atoms with E-state index in [1.807, 2.05) is 0 Å². The van der Waals surface area contributed by atoms with Gasteiger partial charge in [-0.1, -0.05) is 12.1 Å². The molecule has 0 amide bonds. The van der Waals surface area contributed by atoms with Crippen LogP contribution in [0.5, 0.6) is 0 Å². The molecule has 1 rings (SSSR count). The van der Waals surface area contributed by atoms with Crippen LogP contribution in [-0.4, -0.2) is 30.5 Å². The summed E-state index contributed by atoms with van der Waals surface area (Å²) in [6, 6.07) is 5.44. The van der Waals surface area contributed by atoms with Gasteiger partial charge in [-0.15, -0.1) is 0 Å². The van der Waals surface area contributed by atoms with Gasteiger partial charge in [-0.2, -0.15) is 13.2 Å². The van der Waals surface area contributed by atoms with Crippen LogP contribution in [0.15, 0.2) is 24.3 Å². The molecule has 1 unspecified atom stereocenters. The molecule has 0 fully saturated rings. The molecule has 3 nitrogen and oxygen atoms in total. The van der Waals surface area contributed by atoms with Crippen molar-refractivity contribution in [1.82, 2.24) is 0 Å². The second-order valence-electron chi connectivity index (χ2n) is 4.33. The number of carboxylic acid groups (broad SMARTS) is 1. The molecular formula is C13H14F4O3. The lowest BCUT2D eigenvalue weighted by molar-refractivity contribution is -0.175. The Bertz CT molecular complexity index is 445. The summed E-state index contributed by atoms with van der Waals surface area (Å²) in [6.07, 6.45) is -4.45. The van der Waals surface area contributed by atoms with E-state index in [-0.39, 0.29) is 19.4 Å². The number of carbonyl (C=O) groups is 1. The highest BCUT2D eigenvalue weighted by Crippen LogP contribution is 2.17. The van der Waals surface area contributed by atoms with Crippen molar-refractivity contribution in [3.8, 4) is 0 Å². The summed E-state index contributed by atoms with van der Waals surface area (Å²) in [4.78, 5) is 11.0. The lowest BCUT2D eigenvalue weighted by atomic mass is 9.96. The first-order valence-corrected chi connectivity index (χ1v) is 5.89. The maximum Gasteiger partial charge on any atom is 0.411 e. The fourth-order valence-electron chi connectivity index (χ4n) is 1.67. The van der Waals surface area contributed by atoms with Crippen LogP contribution < -0.4 is 0 Å². The van der Waals surface area contributed by atoms with E-state index in [9.17, 15) is 22.4 Å². The zero-order valence-corrected chi connectivity index (χ0v) is 10.5. The van der Waals surface area contributed by atoms with Crippen molar-refractivity contribution in [2.75, 3.05) is 13.2 Å². The summed E-state index contributed by atoms with van der Waals surface area (Å²) >= 11 is 0. The predicted molar refractivity (Wildman–Crippen MR) is 62.7 cm³/mol. The average Bonchev–Trinajstić information content (AvgIpc) is 2.31. The Morgan fingerprint density at radius 3 is 2.60 bits per heavy atom. The average molecular weight is 294 g/mol. The maximum absolute atomic E-state index is 13.0. The molecule has 0 heterocycles. The minimum absolute atomic E-state index is 0.0441. The Hall–Kier alpha value is -1.63. The Kier molecular flexibility index (Phi) is 5.94. The van der Waals surface area contributed by atoms with Gasteiger partial charge in [0.15, 0.2) is 0 Å². The quantitative estimate of drug-likeness (QED) is 0.621. The van der Waals surface area contributed by atoms with Crippen LogP contribution in [0.25, 0.3) is 0 Å². The third kappa shape index (κ3) is 6.51. The van der Waals surface area contributed by atoms with Crippen molar-refractivity contribution in [2.24, 2.45) is 5.92 Å². The van der Waals surface area contributed by atoms with Crippen LogP contribution in [0.4, 0.5) is 17.6 Å². The molecule has 0 aliphatic heterocycles. The minimum atomic E-state index is -4.43. The number of hydrogen-bond acceptors (Lipinski definition) is 2. The van der Waals surface area contributed by atoms with Gasteiger partial charge in [0.05, 0.1) is 5.92 Å². The standard InChI is InChI=1S/C13H14F4O3/c14-11-3-1-2-9(7-11)6-10(12(18)19)4-5-20-8-13(15,16)17/h1-3,7,10H,4-6,8H2,(H,18,19). The van der Waals surface area contributed by atoms with Crippen LogP contribution in [-0.2, 0) is 16.0 Å². The van der Waals surface area contributed by atoms with Gasteiger partial charge in [0.1, 0.15) is 12.4 Å². The molecule has 0 aliphatic rings. The third-order valence-electron chi connectivity index (χ3n) is 2.60. The summed E-state index contributed by atoms with van der Waals surface area (Å²) in [7, 11) is 0. The zero-order valence-electron chi connectivity index (χ0n) is 10.5. The molecule has 0 saturated heterocycles. The molecule has 0 aromatic heterocycles. The SMILES string of the molecule is O=C(O)C(CCOCC(F)(F)F)Cc1cccc(F)c1. The highest BCUT2D eigenvalue weighted by Gasteiger charge is 2.27. The van der Waals surface area contributed by atoms with Crippen LogP contribution in [0, 0.1) is 11.7 Å².